The van der Waals surface area contributed by atoms with Gasteiger partial charge in [0.05, 0.1) is 0 Å². The zero-order chi connectivity index (χ0) is 11.6. The van der Waals surface area contributed by atoms with Crippen molar-refractivity contribution in [3.05, 3.63) is 30.2 Å². The molecule has 0 bridgehead atoms. The molecule has 0 aliphatic rings. The van der Waals surface area contributed by atoms with Gasteiger partial charge in [-0.25, -0.2) is 4.98 Å². The fourth-order valence-corrected chi connectivity index (χ4v) is 2.04. The minimum Gasteiger partial charge on any atom is -0.443 e. The lowest BCUT2D eigenvalue weighted by Gasteiger charge is -2.23. The number of fused-ring (bicyclic) bond motifs is 1. The molecule has 3 nitrogen and oxygen atoms in total. The summed E-state index contributed by atoms with van der Waals surface area (Å²) in [6, 6.07) is 6.19. The molecule has 0 fully saturated rings. The van der Waals surface area contributed by atoms with E-state index in [4.69, 9.17) is 10.2 Å². The van der Waals surface area contributed by atoms with Gasteiger partial charge in [0, 0.05) is 0 Å². The van der Waals surface area contributed by atoms with Gasteiger partial charge in [-0.15, -0.1) is 0 Å². The maximum absolute atomic E-state index is 5.61. The number of nitrogens with two attached hydrogens (primary N) is 1. The number of hydrogen-bond acceptors (Lipinski definition) is 3. The van der Waals surface area contributed by atoms with Gasteiger partial charge < -0.3 is 10.2 Å². The Labute approximate surface area is 95.7 Å². The van der Waals surface area contributed by atoms with Gasteiger partial charge in [-0.3, -0.25) is 0 Å². The third-order valence-corrected chi connectivity index (χ3v) is 2.90. The fourth-order valence-electron chi connectivity index (χ4n) is 2.04. The number of oxazole rings is 1. The van der Waals surface area contributed by atoms with E-state index in [2.05, 4.69) is 31.0 Å². The zero-order valence-electron chi connectivity index (χ0n) is 9.86. The van der Waals surface area contributed by atoms with E-state index in [0.717, 1.165) is 30.5 Å². The molecule has 2 rings (SSSR count). The fraction of sp³-hybridized carbons (Fsp3) is 0.462. The van der Waals surface area contributed by atoms with E-state index in [1.54, 1.807) is 0 Å². The van der Waals surface area contributed by atoms with Crippen LogP contribution in [0.4, 0.5) is 0 Å². The molecule has 0 unspecified atom stereocenters. The first-order valence-corrected chi connectivity index (χ1v) is 5.63. The lowest BCUT2D eigenvalue weighted by molar-refractivity contribution is 0.339. The minimum absolute atomic E-state index is 0.239. The topological polar surface area (TPSA) is 52.0 Å². The van der Waals surface area contributed by atoms with E-state index in [1.165, 1.54) is 12.0 Å². The van der Waals surface area contributed by atoms with Gasteiger partial charge in [0.25, 0.3) is 0 Å². The van der Waals surface area contributed by atoms with Crippen molar-refractivity contribution in [2.75, 3.05) is 6.54 Å². The highest BCUT2D eigenvalue weighted by Gasteiger charge is 2.17. The molecule has 0 aliphatic carbocycles. The van der Waals surface area contributed by atoms with Crippen molar-refractivity contribution in [1.29, 1.82) is 0 Å². The molecule has 0 aliphatic heterocycles. The van der Waals surface area contributed by atoms with E-state index in [0.29, 0.717) is 0 Å². The van der Waals surface area contributed by atoms with E-state index in [9.17, 15) is 0 Å². The summed E-state index contributed by atoms with van der Waals surface area (Å²) in [4.78, 5) is 4.11. The lowest BCUT2D eigenvalue weighted by atomic mass is 9.83. The van der Waals surface area contributed by atoms with Crippen LogP contribution in [0, 0.1) is 5.41 Å². The smallest absolute Gasteiger partial charge is 0.181 e. The Morgan fingerprint density at radius 2 is 2.19 bits per heavy atom. The molecule has 0 radical (unpaired) electrons. The Kier molecular flexibility index (Phi) is 2.97. The summed E-state index contributed by atoms with van der Waals surface area (Å²) in [5, 5.41) is 0. The predicted molar refractivity (Wildman–Crippen MR) is 65.2 cm³/mol. The highest BCUT2D eigenvalue weighted by atomic mass is 16.3. The number of hydrogen-bond donors (Lipinski definition) is 1. The molecule has 2 aromatic rings. The Balaban J connectivity index is 2.20. The molecule has 16 heavy (non-hydrogen) atoms. The highest BCUT2D eigenvalue weighted by molar-refractivity contribution is 5.72. The highest BCUT2D eigenvalue weighted by Crippen LogP contribution is 2.26. The molecule has 0 amide bonds. The van der Waals surface area contributed by atoms with E-state index in [-0.39, 0.29) is 5.41 Å². The molecule has 0 saturated carbocycles. The van der Waals surface area contributed by atoms with Crippen molar-refractivity contribution in [2.45, 2.75) is 26.7 Å². The van der Waals surface area contributed by atoms with Crippen LogP contribution >= 0.6 is 0 Å². The summed E-state index contributed by atoms with van der Waals surface area (Å²) in [6.07, 6.45) is 3.53. The van der Waals surface area contributed by atoms with Gasteiger partial charge in [0.15, 0.2) is 12.0 Å². The molecular weight excluding hydrogens is 200 g/mol. The second kappa shape index (κ2) is 4.26. The summed E-state index contributed by atoms with van der Waals surface area (Å²) in [7, 11) is 0. The van der Waals surface area contributed by atoms with E-state index in [1.807, 2.05) is 6.07 Å². The predicted octanol–water partition coefficient (Wildman–Crippen LogP) is 2.75. The van der Waals surface area contributed by atoms with Gasteiger partial charge >= 0.3 is 0 Å². The molecular formula is C13H18N2O. The van der Waals surface area contributed by atoms with Gasteiger partial charge in [-0.2, -0.15) is 0 Å². The largest absolute Gasteiger partial charge is 0.443 e. The average Bonchev–Trinajstić information content (AvgIpc) is 2.63. The summed E-state index contributed by atoms with van der Waals surface area (Å²) in [6.45, 7) is 5.21. The quantitative estimate of drug-likeness (QED) is 0.858. The first-order chi connectivity index (χ1) is 7.61. The Hall–Kier alpha value is -1.35. The first kappa shape index (κ1) is 11.1. The third kappa shape index (κ3) is 2.42. The SMILES string of the molecule is CC(C)(CCN)Cc1ccc2ncoc2c1. The second-order valence-electron chi connectivity index (χ2n) is 5.03. The van der Waals surface area contributed by atoms with E-state index < -0.39 is 0 Å². The summed E-state index contributed by atoms with van der Waals surface area (Å²) in [5.74, 6) is 0. The molecule has 0 atom stereocenters. The van der Waals surface area contributed by atoms with Crippen molar-refractivity contribution in [2.24, 2.45) is 11.1 Å². The van der Waals surface area contributed by atoms with Crippen molar-refractivity contribution in [3.63, 3.8) is 0 Å². The molecule has 1 aromatic carbocycles. The maximum atomic E-state index is 5.61. The molecule has 0 saturated heterocycles. The van der Waals surface area contributed by atoms with Crippen molar-refractivity contribution >= 4 is 11.1 Å². The summed E-state index contributed by atoms with van der Waals surface area (Å²) >= 11 is 0. The lowest BCUT2D eigenvalue weighted by Crippen LogP contribution is -2.19. The van der Waals surface area contributed by atoms with E-state index >= 15 is 0 Å². The summed E-state index contributed by atoms with van der Waals surface area (Å²) < 4.78 is 5.30. The van der Waals surface area contributed by atoms with Crippen LogP contribution in [0.15, 0.2) is 29.0 Å². The Morgan fingerprint density at radius 1 is 1.38 bits per heavy atom. The molecule has 2 N–H and O–H groups in total. The van der Waals surface area contributed by atoms with Crippen molar-refractivity contribution in [3.8, 4) is 0 Å². The zero-order valence-corrected chi connectivity index (χ0v) is 9.86. The van der Waals surface area contributed by atoms with Crippen molar-refractivity contribution in [1.82, 2.24) is 4.98 Å². The van der Waals surface area contributed by atoms with Crippen LogP contribution < -0.4 is 5.73 Å². The van der Waals surface area contributed by atoms with Crippen LogP contribution in [0.3, 0.4) is 0 Å². The van der Waals surface area contributed by atoms with Crippen LogP contribution in [0.2, 0.25) is 0 Å². The van der Waals surface area contributed by atoms with Crippen LogP contribution in [-0.2, 0) is 6.42 Å². The monoisotopic (exact) mass is 218 g/mol. The number of benzene rings is 1. The minimum atomic E-state index is 0.239. The number of aromatic nitrogens is 1. The van der Waals surface area contributed by atoms with Crippen LogP contribution in [0.5, 0.6) is 0 Å². The summed E-state index contributed by atoms with van der Waals surface area (Å²) in [5.41, 5.74) is 8.91. The normalized spacial score (nSPS) is 12.2. The average molecular weight is 218 g/mol. The number of rotatable bonds is 4. The number of nitrogens with zero attached hydrogens (tertiary/aromatic N) is 1. The van der Waals surface area contributed by atoms with Gasteiger partial charge in [0.2, 0.25) is 0 Å². The van der Waals surface area contributed by atoms with Crippen LogP contribution in [-0.4, -0.2) is 11.5 Å². The Bertz CT molecular complexity index is 473. The molecule has 1 heterocycles. The standard InChI is InChI=1S/C13H18N2O/c1-13(2,5-6-14)8-10-3-4-11-12(7-10)16-9-15-11/h3-4,7,9H,5-6,8,14H2,1-2H3. The van der Waals surface area contributed by atoms with Crippen LogP contribution in [0.25, 0.3) is 11.1 Å². The third-order valence-electron chi connectivity index (χ3n) is 2.90. The molecule has 0 spiro atoms. The van der Waals surface area contributed by atoms with Gasteiger partial charge in [-0.1, -0.05) is 19.9 Å². The second-order valence-corrected chi connectivity index (χ2v) is 5.03. The maximum Gasteiger partial charge on any atom is 0.181 e. The molecule has 3 heteroatoms. The first-order valence-electron chi connectivity index (χ1n) is 5.63. The van der Waals surface area contributed by atoms with Gasteiger partial charge in [0.1, 0.15) is 5.52 Å². The van der Waals surface area contributed by atoms with Crippen LogP contribution in [0.1, 0.15) is 25.8 Å². The molecule has 86 valence electrons. The molecule has 1 aromatic heterocycles. The van der Waals surface area contributed by atoms with Gasteiger partial charge in [-0.05, 0) is 42.5 Å². The Morgan fingerprint density at radius 3 is 2.94 bits per heavy atom. The van der Waals surface area contributed by atoms with Crippen molar-refractivity contribution < 1.29 is 4.42 Å².